The fraction of sp³-hybridized carbons (Fsp3) is 0.636. The lowest BCUT2D eigenvalue weighted by molar-refractivity contribution is -0.128. The van der Waals surface area contributed by atoms with Gasteiger partial charge in [0, 0.05) is 50.1 Å². The van der Waals surface area contributed by atoms with Crippen LogP contribution < -0.4 is 5.32 Å². The van der Waals surface area contributed by atoms with Gasteiger partial charge in [-0.15, -0.1) is 0 Å². The van der Waals surface area contributed by atoms with E-state index < -0.39 is 0 Å². The van der Waals surface area contributed by atoms with Crippen LogP contribution in [-0.4, -0.2) is 58.8 Å². The number of carbonyl (C=O) groups is 1. The van der Waals surface area contributed by atoms with Crippen LogP contribution in [-0.2, 0) is 17.9 Å². The predicted molar refractivity (Wildman–Crippen MR) is 119 cm³/mol. The molecule has 0 bridgehead atoms. The average molecular weight is 403 g/mol. The van der Waals surface area contributed by atoms with Crippen LogP contribution in [0.3, 0.4) is 0 Å². The van der Waals surface area contributed by atoms with Crippen LogP contribution in [0.15, 0.2) is 29.3 Å². The summed E-state index contributed by atoms with van der Waals surface area (Å²) in [4.78, 5) is 21.1. The number of aliphatic imine (C=N–C) groups is 1. The summed E-state index contributed by atoms with van der Waals surface area (Å²) in [5.74, 6) is 3.16. The number of hydrogen-bond acceptors (Lipinski definition) is 3. The minimum Gasteiger partial charge on any atom is -0.357 e. The quantitative estimate of drug-likeness (QED) is 0.586. The lowest BCUT2D eigenvalue weighted by Gasteiger charge is -2.36. The summed E-state index contributed by atoms with van der Waals surface area (Å²) in [6, 6.07) is 8.56. The third kappa shape index (κ3) is 5.66. The molecule has 1 unspecified atom stereocenters. The molecule has 2 fully saturated rings. The summed E-state index contributed by atoms with van der Waals surface area (Å²) in [5.41, 5.74) is 2.40. The SMILES string of the molecule is CCNC(=NCc1ccc(CN2CCCC2=O)cc1)N1CCSC(C(C)C)C1. The molecule has 1 amide bonds. The van der Waals surface area contributed by atoms with Crippen molar-refractivity contribution in [1.29, 1.82) is 0 Å². The molecular weight excluding hydrogens is 368 g/mol. The van der Waals surface area contributed by atoms with Crippen LogP contribution in [0.5, 0.6) is 0 Å². The van der Waals surface area contributed by atoms with Crippen LogP contribution >= 0.6 is 11.8 Å². The molecule has 1 atom stereocenters. The van der Waals surface area contributed by atoms with Crippen molar-refractivity contribution in [2.24, 2.45) is 10.9 Å². The largest absolute Gasteiger partial charge is 0.357 e. The van der Waals surface area contributed by atoms with Gasteiger partial charge in [0.25, 0.3) is 0 Å². The highest BCUT2D eigenvalue weighted by Gasteiger charge is 2.25. The first-order valence-electron chi connectivity index (χ1n) is 10.6. The van der Waals surface area contributed by atoms with Gasteiger partial charge in [-0.1, -0.05) is 38.1 Å². The highest BCUT2D eigenvalue weighted by Crippen LogP contribution is 2.25. The van der Waals surface area contributed by atoms with Gasteiger partial charge in [0.2, 0.25) is 5.91 Å². The van der Waals surface area contributed by atoms with Gasteiger partial charge >= 0.3 is 0 Å². The van der Waals surface area contributed by atoms with Crippen molar-refractivity contribution >= 4 is 23.6 Å². The molecule has 1 N–H and O–H groups in total. The predicted octanol–water partition coefficient (Wildman–Crippen LogP) is 3.35. The Morgan fingerprint density at radius 2 is 2.00 bits per heavy atom. The maximum atomic E-state index is 11.8. The highest BCUT2D eigenvalue weighted by atomic mass is 32.2. The van der Waals surface area contributed by atoms with Crippen molar-refractivity contribution in [2.45, 2.75) is 52.0 Å². The zero-order chi connectivity index (χ0) is 19.9. The Morgan fingerprint density at radius 3 is 2.64 bits per heavy atom. The van der Waals surface area contributed by atoms with Crippen molar-refractivity contribution in [2.75, 3.05) is 31.9 Å². The van der Waals surface area contributed by atoms with E-state index in [1.54, 1.807) is 0 Å². The number of thioether (sulfide) groups is 1. The van der Waals surface area contributed by atoms with Crippen molar-refractivity contribution in [3.63, 3.8) is 0 Å². The normalized spacial score (nSPS) is 20.9. The topological polar surface area (TPSA) is 47.9 Å². The zero-order valence-corrected chi connectivity index (χ0v) is 18.3. The number of amides is 1. The molecule has 2 saturated heterocycles. The van der Waals surface area contributed by atoms with E-state index in [9.17, 15) is 4.79 Å². The maximum absolute atomic E-state index is 11.8. The van der Waals surface area contributed by atoms with Crippen molar-refractivity contribution in [3.05, 3.63) is 35.4 Å². The number of carbonyl (C=O) groups excluding carboxylic acids is 1. The number of benzene rings is 1. The summed E-state index contributed by atoms with van der Waals surface area (Å²) in [5, 5.41) is 4.14. The van der Waals surface area contributed by atoms with E-state index in [0.29, 0.717) is 24.1 Å². The van der Waals surface area contributed by atoms with Gasteiger partial charge in [-0.3, -0.25) is 4.79 Å². The first-order chi connectivity index (χ1) is 13.6. The molecule has 0 radical (unpaired) electrons. The van der Waals surface area contributed by atoms with Gasteiger partial charge in [-0.2, -0.15) is 11.8 Å². The third-order valence-electron chi connectivity index (χ3n) is 5.45. The van der Waals surface area contributed by atoms with E-state index in [0.717, 1.165) is 50.9 Å². The molecule has 1 aromatic carbocycles. The second-order valence-corrected chi connectivity index (χ2v) is 9.35. The van der Waals surface area contributed by atoms with Gasteiger partial charge in [-0.05, 0) is 30.4 Å². The number of guanidine groups is 1. The Balaban J connectivity index is 1.60. The Labute approximate surface area is 174 Å². The van der Waals surface area contributed by atoms with E-state index in [1.807, 2.05) is 4.90 Å². The molecule has 0 saturated carbocycles. The molecule has 1 aromatic rings. The molecule has 5 nitrogen and oxygen atoms in total. The maximum Gasteiger partial charge on any atom is 0.222 e. The molecule has 0 spiro atoms. The molecule has 28 heavy (non-hydrogen) atoms. The fourth-order valence-corrected chi connectivity index (χ4v) is 5.00. The number of nitrogens with zero attached hydrogens (tertiary/aromatic N) is 3. The summed E-state index contributed by atoms with van der Waals surface area (Å²) < 4.78 is 0. The fourth-order valence-electron chi connectivity index (χ4n) is 3.70. The molecule has 2 heterocycles. The number of nitrogens with one attached hydrogen (secondary N) is 1. The van der Waals surface area contributed by atoms with E-state index >= 15 is 0 Å². The number of likely N-dealkylation sites (tertiary alicyclic amines) is 1. The molecule has 2 aliphatic rings. The highest BCUT2D eigenvalue weighted by molar-refractivity contribution is 8.00. The van der Waals surface area contributed by atoms with Gasteiger partial charge in [0.15, 0.2) is 5.96 Å². The summed E-state index contributed by atoms with van der Waals surface area (Å²) in [6.45, 7) is 12.1. The molecule has 3 rings (SSSR count). The zero-order valence-electron chi connectivity index (χ0n) is 17.5. The smallest absolute Gasteiger partial charge is 0.222 e. The Hall–Kier alpha value is -1.69. The van der Waals surface area contributed by atoms with Gasteiger partial charge in [0.1, 0.15) is 0 Å². The molecule has 154 valence electrons. The molecule has 0 aromatic heterocycles. The standard InChI is InChI=1S/C22H34N4OS/c1-4-23-22(26-12-13-28-20(16-26)17(2)3)24-14-18-7-9-19(10-8-18)15-25-11-5-6-21(25)27/h7-10,17,20H,4-6,11-16H2,1-3H3,(H,23,24). The number of rotatable bonds is 6. The summed E-state index contributed by atoms with van der Waals surface area (Å²) in [6.07, 6.45) is 1.69. The van der Waals surface area contributed by atoms with Crippen LogP contribution in [0.2, 0.25) is 0 Å². The van der Waals surface area contributed by atoms with Crippen LogP contribution in [0.25, 0.3) is 0 Å². The lowest BCUT2D eigenvalue weighted by Crippen LogP contribution is -2.49. The Kier molecular flexibility index (Phi) is 7.65. The van der Waals surface area contributed by atoms with E-state index in [1.165, 1.54) is 11.1 Å². The summed E-state index contributed by atoms with van der Waals surface area (Å²) in [7, 11) is 0. The Morgan fingerprint density at radius 1 is 1.25 bits per heavy atom. The van der Waals surface area contributed by atoms with Crippen molar-refractivity contribution < 1.29 is 4.79 Å². The van der Waals surface area contributed by atoms with Crippen molar-refractivity contribution in [3.8, 4) is 0 Å². The Bertz CT molecular complexity index is 674. The van der Waals surface area contributed by atoms with Crippen molar-refractivity contribution in [1.82, 2.24) is 15.1 Å². The first kappa shape index (κ1) is 21.0. The van der Waals surface area contributed by atoms with Crippen LogP contribution in [0.1, 0.15) is 44.7 Å². The monoisotopic (exact) mass is 402 g/mol. The lowest BCUT2D eigenvalue weighted by atomic mass is 10.1. The molecule has 6 heteroatoms. The second-order valence-electron chi connectivity index (χ2n) is 8.00. The third-order valence-corrected chi connectivity index (χ3v) is 6.99. The van der Waals surface area contributed by atoms with E-state index in [-0.39, 0.29) is 5.91 Å². The average Bonchev–Trinajstić information content (AvgIpc) is 3.11. The minimum atomic E-state index is 0.281. The van der Waals surface area contributed by atoms with E-state index in [2.05, 4.69) is 67.0 Å². The molecule has 0 aliphatic carbocycles. The number of hydrogen-bond donors (Lipinski definition) is 1. The molecule has 2 aliphatic heterocycles. The van der Waals surface area contributed by atoms with E-state index in [4.69, 9.17) is 4.99 Å². The molecular formula is C22H34N4OS. The minimum absolute atomic E-state index is 0.281. The first-order valence-corrected chi connectivity index (χ1v) is 11.6. The second kappa shape index (κ2) is 10.2. The van der Waals surface area contributed by atoms with Crippen LogP contribution in [0.4, 0.5) is 0 Å². The van der Waals surface area contributed by atoms with Gasteiger partial charge < -0.3 is 15.1 Å². The summed E-state index contributed by atoms with van der Waals surface area (Å²) >= 11 is 2.09. The van der Waals surface area contributed by atoms with Gasteiger partial charge in [-0.25, -0.2) is 4.99 Å². The van der Waals surface area contributed by atoms with Gasteiger partial charge in [0.05, 0.1) is 6.54 Å². The van der Waals surface area contributed by atoms with Crippen LogP contribution in [0, 0.1) is 5.92 Å².